The van der Waals surface area contributed by atoms with Crippen molar-refractivity contribution < 1.29 is 23.1 Å². The standard InChI is InChI=1S/C17H15F2NO3/c1-10-3-11(2)5-15(4-10)20-16(21)9-23-17(22)12-6-13(18)8-14(19)7-12/h3-8H,9H2,1-2H3,(H,20,21). The van der Waals surface area contributed by atoms with Gasteiger partial charge in [0.25, 0.3) is 5.91 Å². The van der Waals surface area contributed by atoms with Gasteiger partial charge in [-0.05, 0) is 49.2 Å². The fourth-order valence-electron chi connectivity index (χ4n) is 2.13. The van der Waals surface area contributed by atoms with Gasteiger partial charge in [0.15, 0.2) is 6.61 Å². The zero-order chi connectivity index (χ0) is 17.0. The van der Waals surface area contributed by atoms with Gasteiger partial charge in [-0.2, -0.15) is 0 Å². The van der Waals surface area contributed by atoms with Gasteiger partial charge in [0.05, 0.1) is 5.56 Å². The number of carbonyl (C=O) groups is 2. The topological polar surface area (TPSA) is 55.4 Å². The Morgan fingerprint density at radius 2 is 1.52 bits per heavy atom. The van der Waals surface area contributed by atoms with Crippen LogP contribution >= 0.6 is 0 Å². The molecule has 0 fully saturated rings. The summed E-state index contributed by atoms with van der Waals surface area (Å²) in [4.78, 5) is 23.4. The van der Waals surface area contributed by atoms with E-state index in [0.29, 0.717) is 11.8 Å². The van der Waals surface area contributed by atoms with Crippen molar-refractivity contribution in [1.29, 1.82) is 0 Å². The summed E-state index contributed by atoms with van der Waals surface area (Å²) in [6, 6.07) is 7.82. The smallest absolute Gasteiger partial charge is 0.338 e. The van der Waals surface area contributed by atoms with Crippen LogP contribution in [-0.2, 0) is 9.53 Å². The van der Waals surface area contributed by atoms with E-state index >= 15 is 0 Å². The highest BCUT2D eigenvalue weighted by Crippen LogP contribution is 2.14. The third-order valence-electron chi connectivity index (χ3n) is 2.94. The lowest BCUT2D eigenvalue weighted by Crippen LogP contribution is -2.21. The number of rotatable bonds is 4. The molecule has 2 aromatic carbocycles. The number of hydrogen-bond acceptors (Lipinski definition) is 3. The van der Waals surface area contributed by atoms with E-state index in [1.807, 2.05) is 19.9 Å². The molecule has 4 nitrogen and oxygen atoms in total. The lowest BCUT2D eigenvalue weighted by atomic mass is 10.1. The molecule has 6 heteroatoms. The van der Waals surface area contributed by atoms with Gasteiger partial charge in [-0.25, -0.2) is 13.6 Å². The van der Waals surface area contributed by atoms with E-state index in [9.17, 15) is 18.4 Å². The van der Waals surface area contributed by atoms with Crippen molar-refractivity contribution >= 4 is 17.6 Å². The van der Waals surface area contributed by atoms with E-state index in [2.05, 4.69) is 5.32 Å². The van der Waals surface area contributed by atoms with Crippen LogP contribution in [0.5, 0.6) is 0 Å². The van der Waals surface area contributed by atoms with Crippen LogP contribution in [0.1, 0.15) is 21.5 Å². The predicted molar refractivity (Wildman–Crippen MR) is 81.2 cm³/mol. The summed E-state index contributed by atoms with van der Waals surface area (Å²) in [5.41, 5.74) is 2.25. The molecule has 0 saturated carbocycles. The maximum atomic E-state index is 13.0. The first-order valence-electron chi connectivity index (χ1n) is 6.85. The van der Waals surface area contributed by atoms with Gasteiger partial charge in [-0.1, -0.05) is 6.07 Å². The zero-order valence-corrected chi connectivity index (χ0v) is 12.7. The van der Waals surface area contributed by atoms with E-state index in [1.54, 1.807) is 12.1 Å². The molecular formula is C17H15F2NO3. The van der Waals surface area contributed by atoms with Gasteiger partial charge in [0.1, 0.15) is 11.6 Å². The number of hydrogen-bond donors (Lipinski definition) is 1. The molecule has 0 spiro atoms. The van der Waals surface area contributed by atoms with Crippen molar-refractivity contribution in [2.75, 3.05) is 11.9 Å². The maximum Gasteiger partial charge on any atom is 0.338 e. The molecule has 0 saturated heterocycles. The second-order valence-electron chi connectivity index (χ2n) is 5.16. The second-order valence-corrected chi connectivity index (χ2v) is 5.16. The van der Waals surface area contributed by atoms with Crippen LogP contribution < -0.4 is 5.32 Å². The number of ether oxygens (including phenoxy) is 1. The quantitative estimate of drug-likeness (QED) is 0.879. The van der Waals surface area contributed by atoms with Crippen molar-refractivity contribution in [3.63, 3.8) is 0 Å². The number of nitrogens with one attached hydrogen (secondary N) is 1. The number of anilines is 1. The van der Waals surface area contributed by atoms with Crippen molar-refractivity contribution in [2.24, 2.45) is 0 Å². The Labute approximate surface area is 132 Å². The van der Waals surface area contributed by atoms with E-state index in [1.165, 1.54) is 0 Å². The first kappa shape index (κ1) is 16.6. The summed E-state index contributed by atoms with van der Waals surface area (Å²) < 4.78 is 30.8. The minimum Gasteiger partial charge on any atom is -0.452 e. The molecule has 2 rings (SSSR count). The summed E-state index contributed by atoms with van der Waals surface area (Å²) in [5, 5.41) is 2.59. The van der Waals surface area contributed by atoms with Gasteiger partial charge in [0.2, 0.25) is 0 Å². The summed E-state index contributed by atoms with van der Waals surface area (Å²) in [6.07, 6.45) is 0. The molecule has 1 N–H and O–H groups in total. The van der Waals surface area contributed by atoms with Gasteiger partial charge in [-0.3, -0.25) is 4.79 Å². The van der Waals surface area contributed by atoms with Crippen LogP contribution in [-0.4, -0.2) is 18.5 Å². The molecule has 0 unspecified atom stereocenters. The first-order valence-corrected chi connectivity index (χ1v) is 6.85. The number of esters is 1. The lowest BCUT2D eigenvalue weighted by Gasteiger charge is -2.08. The Balaban J connectivity index is 1.94. The Bertz CT molecular complexity index is 719. The Hall–Kier alpha value is -2.76. The number of aryl methyl sites for hydroxylation is 2. The van der Waals surface area contributed by atoms with Crippen molar-refractivity contribution in [1.82, 2.24) is 0 Å². The highest BCUT2D eigenvalue weighted by atomic mass is 19.1. The van der Waals surface area contributed by atoms with Gasteiger partial charge >= 0.3 is 5.97 Å². The van der Waals surface area contributed by atoms with Gasteiger partial charge < -0.3 is 10.1 Å². The van der Waals surface area contributed by atoms with Gasteiger partial charge in [0, 0.05) is 11.8 Å². The summed E-state index contributed by atoms with van der Waals surface area (Å²) in [6.45, 7) is 3.23. The predicted octanol–water partition coefficient (Wildman–Crippen LogP) is 3.38. The Morgan fingerprint density at radius 1 is 0.957 bits per heavy atom. The van der Waals surface area contributed by atoms with Crippen LogP contribution in [0.3, 0.4) is 0 Å². The molecule has 0 aliphatic heterocycles. The van der Waals surface area contributed by atoms with Crippen LogP contribution in [0.25, 0.3) is 0 Å². The minimum absolute atomic E-state index is 0.290. The lowest BCUT2D eigenvalue weighted by molar-refractivity contribution is -0.119. The molecular weight excluding hydrogens is 304 g/mol. The van der Waals surface area contributed by atoms with E-state index in [4.69, 9.17) is 4.74 Å². The number of halogens is 2. The highest BCUT2D eigenvalue weighted by molar-refractivity contribution is 5.95. The average molecular weight is 319 g/mol. The average Bonchev–Trinajstić information content (AvgIpc) is 2.42. The largest absolute Gasteiger partial charge is 0.452 e. The SMILES string of the molecule is Cc1cc(C)cc(NC(=O)COC(=O)c2cc(F)cc(F)c2)c1. The molecule has 0 radical (unpaired) electrons. The fraction of sp³-hybridized carbons (Fsp3) is 0.176. The highest BCUT2D eigenvalue weighted by Gasteiger charge is 2.13. The van der Waals surface area contributed by atoms with Crippen LogP contribution in [0.2, 0.25) is 0 Å². The number of amides is 1. The van der Waals surface area contributed by atoms with Crippen molar-refractivity contribution in [3.8, 4) is 0 Å². The van der Waals surface area contributed by atoms with E-state index < -0.39 is 30.1 Å². The maximum absolute atomic E-state index is 13.0. The van der Waals surface area contributed by atoms with Crippen LogP contribution in [0, 0.1) is 25.5 Å². The normalized spacial score (nSPS) is 10.3. The monoisotopic (exact) mass is 319 g/mol. The third kappa shape index (κ3) is 4.88. The fourth-order valence-corrected chi connectivity index (χ4v) is 2.13. The summed E-state index contributed by atoms with van der Waals surface area (Å²) >= 11 is 0. The molecule has 0 aliphatic carbocycles. The molecule has 0 heterocycles. The third-order valence-corrected chi connectivity index (χ3v) is 2.94. The van der Waals surface area contributed by atoms with Crippen LogP contribution in [0.15, 0.2) is 36.4 Å². The van der Waals surface area contributed by atoms with Crippen molar-refractivity contribution in [3.05, 3.63) is 64.7 Å². The Kier molecular flexibility index (Phi) is 5.05. The molecule has 120 valence electrons. The molecule has 1 amide bonds. The van der Waals surface area contributed by atoms with E-state index in [0.717, 1.165) is 23.3 Å². The number of carbonyl (C=O) groups excluding carboxylic acids is 2. The second kappa shape index (κ2) is 7.00. The first-order chi connectivity index (χ1) is 10.8. The minimum atomic E-state index is -0.973. The molecule has 23 heavy (non-hydrogen) atoms. The molecule has 2 aromatic rings. The van der Waals surface area contributed by atoms with Gasteiger partial charge in [-0.15, -0.1) is 0 Å². The Morgan fingerprint density at radius 3 is 2.09 bits per heavy atom. The summed E-state index contributed by atoms with van der Waals surface area (Å²) in [5.74, 6) is -3.30. The number of benzene rings is 2. The molecule has 0 aromatic heterocycles. The molecule has 0 bridgehead atoms. The zero-order valence-electron chi connectivity index (χ0n) is 12.7. The van der Waals surface area contributed by atoms with Crippen molar-refractivity contribution in [2.45, 2.75) is 13.8 Å². The van der Waals surface area contributed by atoms with E-state index in [-0.39, 0.29) is 5.56 Å². The molecule has 0 atom stereocenters. The van der Waals surface area contributed by atoms with Crippen LogP contribution in [0.4, 0.5) is 14.5 Å². The summed E-state index contributed by atoms with van der Waals surface area (Å²) in [7, 11) is 0. The molecule has 0 aliphatic rings.